The van der Waals surface area contributed by atoms with Crippen LogP contribution in [0.5, 0.6) is 0 Å². The van der Waals surface area contributed by atoms with E-state index in [0.717, 1.165) is 5.69 Å². The van der Waals surface area contributed by atoms with Gasteiger partial charge < -0.3 is 0 Å². The molecule has 2 nitrogen and oxygen atoms in total. The number of aromatic nitrogens is 1. The normalized spacial score (nSPS) is 10.5. The summed E-state index contributed by atoms with van der Waals surface area (Å²) in [5, 5.41) is 0. The summed E-state index contributed by atoms with van der Waals surface area (Å²) in [5.74, 6) is 0.247. The molecular formula is C17H20NO+. The van der Waals surface area contributed by atoms with Gasteiger partial charge >= 0.3 is 0 Å². The van der Waals surface area contributed by atoms with Crippen LogP contribution in [0.1, 0.15) is 22.4 Å². The van der Waals surface area contributed by atoms with E-state index in [1.807, 2.05) is 42.0 Å². The highest BCUT2D eigenvalue weighted by Gasteiger charge is 2.14. The highest BCUT2D eigenvalue weighted by molar-refractivity contribution is 5.80. The monoisotopic (exact) mass is 254 g/mol. The number of rotatable bonds is 4. The SMILES string of the molecule is Cc1cccc(C)c1CC(=O)C[n+]1ccccc1C. The van der Waals surface area contributed by atoms with Gasteiger partial charge in [-0.05, 0) is 30.5 Å². The largest absolute Gasteiger partial charge is 0.292 e. The van der Waals surface area contributed by atoms with Crippen LogP contribution in [-0.4, -0.2) is 5.78 Å². The number of Topliss-reactive ketones (excluding diaryl/α,β-unsaturated/α-hetero) is 1. The summed E-state index contributed by atoms with van der Waals surface area (Å²) in [7, 11) is 0. The molecule has 0 unspecified atom stereocenters. The molecule has 2 aromatic rings. The molecule has 0 aliphatic rings. The number of benzene rings is 1. The molecule has 0 radical (unpaired) electrons. The third kappa shape index (κ3) is 3.28. The van der Waals surface area contributed by atoms with E-state index >= 15 is 0 Å². The fourth-order valence-corrected chi connectivity index (χ4v) is 2.31. The lowest BCUT2D eigenvalue weighted by atomic mass is 9.98. The first-order valence-corrected chi connectivity index (χ1v) is 6.60. The molecule has 19 heavy (non-hydrogen) atoms. The van der Waals surface area contributed by atoms with Gasteiger partial charge in [0.25, 0.3) is 0 Å². The zero-order chi connectivity index (χ0) is 13.8. The summed E-state index contributed by atoms with van der Waals surface area (Å²) in [6, 6.07) is 12.1. The smallest absolute Gasteiger partial charge is 0.207 e. The minimum absolute atomic E-state index is 0.247. The Morgan fingerprint density at radius 3 is 2.32 bits per heavy atom. The van der Waals surface area contributed by atoms with Gasteiger partial charge in [-0.15, -0.1) is 0 Å². The van der Waals surface area contributed by atoms with E-state index in [1.54, 1.807) is 0 Å². The third-order valence-electron chi connectivity index (χ3n) is 3.53. The number of pyridine rings is 1. The molecular weight excluding hydrogens is 234 g/mol. The van der Waals surface area contributed by atoms with Crippen molar-refractivity contribution in [2.75, 3.05) is 0 Å². The number of aryl methyl sites for hydroxylation is 3. The third-order valence-corrected chi connectivity index (χ3v) is 3.53. The standard InChI is InChI=1S/C17H20NO/c1-13-7-6-8-14(2)17(13)11-16(19)12-18-10-5-4-9-15(18)3/h4-10H,11-12H2,1-3H3/q+1. The summed E-state index contributed by atoms with van der Waals surface area (Å²) in [5.41, 5.74) is 4.67. The Morgan fingerprint density at radius 2 is 1.68 bits per heavy atom. The van der Waals surface area contributed by atoms with Crippen molar-refractivity contribution in [2.45, 2.75) is 33.7 Å². The van der Waals surface area contributed by atoms with Crippen molar-refractivity contribution in [2.24, 2.45) is 0 Å². The predicted octanol–water partition coefficient (Wildman–Crippen LogP) is 2.71. The molecule has 0 aliphatic carbocycles. The summed E-state index contributed by atoms with van der Waals surface area (Å²) in [6.07, 6.45) is 2.47. The highest BCUT2D eigenvalue weighted by atomic mass is 16.1. The van der Waals surface area contributed by atoms with Crippen LogP contribution in [0.2, 0.25) is 0 Å². The lowest BCUT2D eigenvalue weighted by Crippen LogP contribution is -2.40. The van der Waals surface area contributed by atoms with Gasteiger partial charge in [0, 0.05) is 25.5 Å². The Hall–Kier alpha value is -1.96. The van der Waals surface area contributed by atoms with Gasteiger partial charge in [-0.2, -0.15) is 4.57 Å². The van der Waals surface area contributed by atoms with Gasteiger partial charge in [0.2, 0.25) is 12.3 Å². The van der Waals surface area contributed by atoms with Crippen LogP contribution < -0.4 is 4.57 Å². The predicted molar refractivity (Wildman–Crippen MR) is 76.0 cm³/mol. The van der Waals surface area contributed by atoms with E-state index in [-0.39, 0.29) is 5.78 Å². The van der Waals surface area contributed by atoms with E-state index in [9.17, 15) is 4.79 Å². The fourth-order valence-electron chi connectivity index (χ4n) is 2.31. The second-order valence-electron chi connectivity index (χ2n) is 5.06. The van der Waals surface area contributed by atoms with Crippen LogP contribution in [0.4, 0.5) is 0 Å². The zero-order valence-corrected chi connectivity index (χ0v) is 11.8. The molecule has 0 fully saturated rings. The van der Waals surface area contributed by atoms with Gasteiger partial charge in [0.15, 0.2) is 11.9 Å². The zero-order valence-electron chi connectivity index (χ0n) is 11.8. The topological polar surface area (TPSA) is 20.9 Å². The van der Waals surface area contributed by atoms with Crippen molar-refractivity contribution in [1.29, 1.82) is 0 Å². The molecule has 98 valence electrons. The Labute approximate surface area is 114 Å². The van der Waals surface area contributed by atoms with Gasteiger partial charge in [-0.25, -0.2) is 0 Å². The molecule has 1 heterocycles. The van der Waals surface area contributed by atoms with Crippen LogP contribution in [0.15, 0.2) is 42.6 Å². The molecule has 0 spiro atoms. The average Bonchev–Trinajstić information content (AvgIpc) is 2.37. The van der Waals surface area contributed by atoms with Crippen LogP contribution in [0, 0.1) is 20.8 Å². The van der Waals surface area contributed by atoms with E-state index in [0.29, 0.717) is 13.0 Å². The Bertz CT molecular complexity index is 582. The molecule has 2 rings (SSSR count). The summed E-state index contributed by atoms with van der Waals surface area (Å²) in [6.45, 7) is 6.60. The number of hydrogen-bond acceptors (Lipinski definition) is 1. The lowest BCUT2D eigenvalue weighted by molar-refractivity contribution is -0.690. The first-order chi connectivity index (χ1) is 9.08. The molecule has 0 N–H and O–H groups in total. The quantitative estimate of drug-likeness (QED) is 0.769. The molecule has 0 bridgehead atoms. The number of carbonyl (C=O) groups is 1. The van der Waals surface area contributed by atoms with Crippen molar-refractivity contribution < 1.29 is 9.36 Å². The maximum absolute atomic E-state index is 12.2. The molecule has 1 aromatic carbocycles. The molecule has 1 aromatic heterocycles. The summed E-state index contributed by atoms with van der Waals surface area (Å²) < 4.78 is 2.00. The molecule has 0 amide bonds. The molecule has 0 saturated heterocycles. The second-order valence-corrected chi connectivity index (χ2v) is 5.06. The van der Waals surface area contributed by atoms with E-state index in [1.165, 1.54) is 16.7 Å². The Balaban J connectivity index is 2.12. The molecule has 0 atom stereocenters. The van der Waals surface area contributed by atoms with Crippen LogP contribution in [0.3, 0.4) is 0 Å². The minimum Gasteiger partial charge on any atom is -0.292 e. The Kier molecular flexibility index (Phi) is 4.10. The minimum atomic E-state index is 0.247. The van der Waals surface area contributed by atoms with Gasteiger partial charge in [0.1, 0.15) is 0 Å². The second kappa shape index (κ2) is 5.79. The van der Waals surface area contributed by atoms with Crippen molar-refractivity contribution in [1.82, 2.24) is 0 Å². The first kappa shape index (κ1) is 13.5. The summed E-state index contributed by atoms with van der Waals surface area (Å²) >= 11 is 0. The van der Waals surface area contributed by atoms with Gasteiger partial charge in [-0.1, -0.05) is 24.3 Å². The van der Waals surface area contributed by atoms with Crippen molar-refractivity contribution in [3.05, 3.63) is 65.0 Å². The van der Waals surface area contributed by atoms with E-state index in [2.05, 4.69) is 26.0 Å². The molecule has 2 heteroatoms. The maximum Gasteiger partial charge on any atom is 0.207 e. The first-order valence-electron chi connectivity index (χ1n) is 6.60. The fraction of sp³-hybridized carbons (Fsp3) is 0.294. The van der Waals surface area contributed by atoms with Gasteiger partial charge in [-0.3, -0.25) is 4.79 Å². The number of carbonyl (C=O) groups excluding carboxylic acids is 1. The average molecular weight is 254 g/mol. The van der Waals surface area contributed by atoms with Crippen molar-refractivity contribution in [3.8, 4) is 0 Å². The Morgan fingerprint density at radius 1 is 1.00 bits per heavy atom. The lowest BCUT2D eigenvalue weighted by Gasteiger charge is -2.08. The van der Waals surface area contributed by atoms with Crippen molar-refractivity contribution >= 4 is 5.78 Å². The van der Waals surface area contributed by atoms with Crippen LogP contribution >= 0.6 is 0 Å². The van der Waals surface area contributed by atoms with E-state index in [4.69, 9.17) is 0 Å². The highest BCUT2D eigenvalue weighted by Crippen LogP contribution is 2.14. The number of hydrogen-bond donors (Lipinski definition) is 0. The van der Waals surface area contributed by atoms with Crippen LogP contribution in [0.25, 0.3) is 0 Å². The van der Waals surface area contributed by atoms with E-state index < -0.39 is 0 Å². The van der Waals surface area contributed by atoms with Crippen LogP contribution in [-0.2, 0) is 17.8 Å². The van der Waals surface area contributed by atoms with Crippen molar-refractivity contribution in [3.63, 3.8) is 0 Å². The number of nitrogens with zero attached hydrogens (tertiary/aromatic N) is 1. The summed E-state index contributed by atoms with van der Waals surface area (Å²) in [4.78, 5) is 12.2. The number of ketones is 1. The van der Waals surface area contributed by atoms with Gasteiger partial charge in [0.05, 0.1) is 0 Å². The molecule has 0 aliphatic heterocycles. The maximum atomic E-state index is 12.2. The molecule has 0 saturated carbocycles.